The Kier molecular flexibility index (Phi) is 5.48. The highest BCUT2D eigenvalue weighted by atomic mass is 79.9. The maximum atomic E-state index is 12.2. The molecule has 1 amide bonds. The van der Waals surface area contributed by atoms with Gasteiger partial charge in [0.05, 0.1) is 0 Å². The standard InChI is InChI=1S/C14H19BrN2O3S/c1-8(2)4-3-5-16-10-12(18)17-11(14(19)20)9(6-15)7-21-13(10)17/h5,8,10,13H,3-4,6-7H2,1-2H3,(H,19,20)/t10-,13+/m1/s1. The summed E-state index contributed by atoms with van der Waals surface area (Å²) in [6, 6.07) is -0.423. The number of amides is 1. The van der Waals surface area contributed by atoms with E-state index in [1.54, 1.807) is 11.8 Å². The molecule has 0 aromatic heterocycles. The zero-order chi connectivity index (χ0) is 15.6. The summed E-state index contributed by atoms with van der Waals surface area (Å²) < 4.78 is 0. The molecule has 2 aliphatic rings. The third-order valence-electron chi connectivity index (χ3n) is 3.52. The summed E-state index contributed by atoms with van der Waals surface area (Å²) in [6.45, 7) is 4.29. The molecular formula is C14H19BrN2O3S. The Bertz CT molecular complexity index is 504. The van der Waals surface area contributed by atoms with Crippen LogP contribution < -0.4 is 0 Å². The minimum atomic E-state index is -1.04. The van der Waals surface area contributed by atoms with Gasteiger partial charge in [-0.1, -0.05) is 29.8 Å². The zero-order valence-electron chi connectivity index (χ0n) is 12.1. The van der Waals surface area contributed by atoms with Crippen LogP contribution in [0.1, 0.15) is 26.7 Å². The Morgan fingerprint density at radius 1 is 1.62 bits per heavy atom. The number of thioether (sulfide) groups is 1. The topological polar surface area (TPSA) is 70.0 Å². The predicted octanol–water partition coefficient (Wildman–Crippen LogP) is 2.51. The number of alkyl halides is 1. The van der Waals surface area contributed by atoms with Gasteiger partial charge in [0.1, 0.15) is 11.1 Å². The Morgan fingerprint density at radius 2 is 2.33 bits per heavy atom. The highest BCUT2D eigenvalue weighted by Gasteiger charge is 2.53. The Morgan fingerprint density at radius 3 is 2.90 bits per heavy atom. The molecule has 0 unspecified atom stereocenters. The molecule has 5 nitrogen and oxygen atoms in total. The molecule has 0 bridgehead atoms. The Labute approximate surface area is 137 Å². The number of carbonyl (C=O) groups excluding carboxylic acids is 1. The number of carboxylic acid groups (broad SMARTS) is 1. The van der Waals surface area contributed by atoms with E-state index >= 15 is 0 Å². The van der Waals surface area contributed by atoms with Crippen molar-refractivity contribution in [2.75, 3.05) is 11.1 Å². The van der Waals surface area contributed by atoms with Gasteiger partial charge in [-0.05, 0) is 30.5 Å². The van der Waals surface area contributed by atoms with Crippen LogP contribution in [0.4, 0.5) is 0 Å². The summed E-state index contributed by atoms with van der Waals surface area (Å²) >= 11 is 4.87. The first kappa shape index (κ1) is 16.5. The van der Waals surface area contributed by atoms with E-state index in [1.807, 2.05) is 6.21 Å². The van der Waals surface area contributed by atoms with Crippen molar-refractivity contribution in [1.82, 2.24) is 4.90 Å². The fraction of sp³-hybridized carbons (Fsp3) is 0.643. The maximum absolute atomic E-state index is 12.2. The molecule has 2 rings (SSSR count). The van der Waals surface area contributed by atoms with E-state index in [4.69, 9.17) is 0 Å². The maximum Gasteiger partial charge on any atom is 0.352 e. The fourth-order valence-corrected chi connectivity index (χ4v) is 4.43. The van der Waals surface area contributed by atoms with Gasteiger partial charge < -0.3 is 5.11 Å². The van der Waals surface area contributed by atoms with Crippen molar-refractivity contribution in [3.05, 3.63) is 11.3 Å². The lowest BCUT2D eigenvalue weighted by molar-refractivity contribution is -0.147. The largest absolute Gasteiger partial charge is 0.477 e. The van der Waals surface area contributed by atoms with E-state index in [0.717, 1.165) is 18.4 Å². The highest BCUT2D eigenvalue weighted by molar-refractivity contribution is 9.09. The summed E-state index contributed by atoms with van der Waals surface area (Å²) in [5.74, 6) is -0.00869. The van der Waals surface area contributed by atoms with Crippen molar-refractivity contribution in [3.63, 3.8) is 0 Å². The molecule has 7 heteroatoms. The number of hydrogen-bond acceptors (Lipinski definition) is 4. The van der Waals surface area contributed by atoms with E-state index < -0.39 is 12.0 Å². The number of fused-ring (bicyclic) bond motifs is 1. The number of hydrogen-bond donors (Lipinski definition) is 1. The number of rotatable bonds is 6. The minimum absolute atomic E-state index is 0.134. The molecule has 0 aliphatic carbocycles. The minimum Gasteiger partial charge on any atom is -0.477 e. The molecular weight excluding hydrogens is 356 g/mol. The van der Waals surface area contributed by atoms with Crippen LogP contribution in [-0.4, -0.2) is 50.6 Å². The van der Waals surface area contributed by atoms with Crippen LogP contribution >= 0.6 is 27.7 Å². The molecule has 2 heterocycles. The van der Waals surface area contributed by atoms with Crippen LogP contribution in [-0.2, 0) is 9.59 Å². The van der Waals surface area contributed by atoms with Gasteiger partial charge in [-0.15, -0.1) is 11.8 Å². The molecule has 0 saturated carbocycles. The first-order valence-corrected chi connectivity index (χ1v) is 9.12. The number of aliphatic carboxylic acids is 1. The number of carbonyl (C=O) groups is 2. The number of carboxylic acids is 1. The molecule has 1 fully saturated rings. The van der Waals surface area contributed by atoms with Gasteiger partial charge in [-0.25, -0.2) is 4.79 Å². The monoisotopic (exact) mass is 374 g/mol. The van der Waals surface area contributed by atoms with Crippen LogP contribution in [0.2, 0.25) is 0 Å². The molecule has 2 atom stereocenters. The van der Waals surface area contributed by atoms with Crippen LogP contribution in [0.25, 0.3) is 0 Å². The van der Waals surface area contributed by atoms with Crippen molar-refractivity contribution in [2.45, 2.75) is 38.1 Å². The lowest BCUT2D eigenvalue weighted by Crippen LogP contribution is -2.64. The Hall–Kier alpha value is -0.820. The molecule has 1 N–H and O–H groups in total. The van der Waals surface area contributed by atoms with Crippen LogP contribution in [0.15, 0.2) is 16.3 Å². The zero-order valence-corrected chi connectivity index (χ0v) is 14.5. The van der Waals surface area contributed by atoms with E-state index in [-0.39, 0.29) is 17.0 Å². The number of aliphatic imine (C=N–C) groups is 1. The van der Waals surface area contributed by atoms with Gasteiger partial charge in [0.25, 0.3) is 5.91 Å². The average molecular weight is 375 g/mol. The Balaban J connectivity index is 2.06. The van der Waals surface area contributed by atoms with E-state index in [9.17, 15) is 14.7 Å². The second kappa shape index (κ2) is 6.96. The van der Waals surface area contributed by atoms with Gasteiger partial charge in [-0.3, -0.25) is 14.7 Å². The van der Waals surface area contributed by atoms with Crippen molar-refractivity contribution in [3.8, 4) is 0 Å². The predicted molar refractivity (Wildman–Crippen MR) is 87.9 cm³/mol. The highest BCUT2D eigenvalue weighted by Crippen LogP contribution is 2.41. The van der Waals surface area contributed by atoms with Crippen molar-refractivity contribution in [2.24, 2.45) is 10.9 Å². The summed E-state index contributed by atoms with van der Waals surface area (Å²) in [7, 11) is 0. The van der Waals surface area contributed by atoms with Crippen molar-refractivity contribution in [1.29, 1.82) is 0 Å². The molecule has 0 aromatic rings. The first-order chi connectivity index (χ1) is 9.97. The SMILES string of the molecule is CC(C)CCC=N[C@@H]1C(=O)N2C(C(=O)O)=C(CBr)CS[C@@H]12. The third kappa shape index (κ3) is 3.34. The first-order valence-electron chi connectivity index (χ1n) is 6.95. The summed E-state index contributed by atoms with van der Waals surface area (Å²) in [4.78, 5) is 29.3. The van der Waals surface area contributed by atoms with Gasteiger partial charge in [0.2, 0.25) is 0 Å². The number of nitrogens with zero attached hydrogens (tertiary/aromatic N) is 2. The van der Waals surface area contributed by atoms with E-state index in [1.165, 1.54) is 4.90 Å². The second-order valence-corrected chi connectivity index (χ2v) is 7.21. The van der Waals surface area contributed by atoms with Crippen LogP contribution in [0.5, 0.6) is 0 Å². The van der Waals surface area contributed by atoms with Gasteiger partial charge in [0.15, 0.2) is 6.04 Å². The van der Waals surface area contributed by atoms with E-state index in [2.05, 4.69) is 34.8 Å². The molecule has 0 radical (unpaired) electrons. The van der Waals surface area contributed by atoms with Gasteiger partial charge >= 0.3 is 5.97 Å². The smallest absolute Gasteiger partial charge is 0.352 e. The molecule has 0 aromatic carbocycles. The lowest BCUT2D eigenvalue weighted by Gasteiger charge is -2.47. The van der Waals surface area contributed by atoms with Crippen molar-refractivity contribution < 1.29 is 14.7 Å². The van der Waals surface area contributed by atoms with E-state index in [0.29, 0.717) is 17.0 Å². The third-order valence-corrected chi connectivity index (χ3v) is 5.52. The average Bonchev–Trinajstić information content (AvgIpc) is 2.44. The molecule has 116 valence electrons. The summed E-state index contributed by atoms with van der Waals surface area (Å²) in [5, 5.41) is 9.63. The summed E-state index contributed by atoms with van der Waals surface area (Å²) in [5.41, 5.74) is 0.883. The molecule has 0 spiro atoms. The van der Waals surface area contributed by atoms with Crippen LogP contribution in [0, 0.1) is 5.92 Å². The van der Waals surface area contributed by atoms with Gasteiger partial charge in [-0.2, -0.15) is 0 Å². The molecule has 2 aliphatic heterocycles. The molecule has 21 heavy (non-hydrogen) atoms. The number of β-lactam (4-membered cyclic amide) rings is 1. The van der Waals surface area contributed by atoms with Crippen molar-refractivity contribution >= 4 is 45.8 Å². The number of halogens is 1. The summed E-state index contributed by atoms with van der Waals surface area (Å²) in [6.07, 6.45) is 3.71. The lowest BCUT2D eigenvalue weighted by atomic mass is 10.0. The normalized spacial score (nSPS) is 25.5. The van der Waals surface area contributed by atoms with Crippen LogP contribution in [0.3, 0.4) is 0 Å². The second-order valence-electron chi connectivity index (χ2n) is 5.55. The van der Waals surface area contributed by atoms with Gasteiger partial charge in [0, 0.05) is 11.1 Å². The quantitative estimate of drug-likeness (QED) is 0.440. The fourth-order valence-electron chi connectivity index (χ4n) is 2.37. The molecule has 1 saturated heterocycles.